The van der Waals surface area contributed by atoms with E-state index in [1.165, 1.54) is 24.6 Å². The van der Waals surface area contributed by atoms with E-state index < -0.39 is 32.5 Å². The Hall–Kier alpha value is -3.59. The van der Waals surface area contributed by atoms with Gasteiger partial charge in [0.2, 0.25) is 0 Å². The van der Waals surface area contributed by atoms with Crippen molar-refractivity contribution >= 4 is 32.6 Å². The first-order chi connectivity index (χ1) is 16.4. The number of sulfone groups is 1. The highest BCUT2D eigenvalue weighted by Gasteiger charge is 2.34. The van der Waals surface area contributed by atoms with E-state index in [-0.39, 0.29) is 46.3 Å². The first-order valence-electron chi connectivity index (χ1n) is 10.3. The van der Waals surface area contributed by atoms with Crippen molar-refractivity contribution in [1.29, 1.82) is 0 Å². The van der Waals surface area contributed by atoms with Gasteiger partial charge in [-0.05, 0) is 26.0 Å². The van der Waals surface area contributed by atoms with Crippen LogP contribution in [0.2, 0.25) is 0 Å². The van der Waals surface area contributed by atoms with E-state index in [0.717, 1.165) is 10.6 Å². The number of hydroxylamine groups is 1. The lowest BCUT2D eigenvalue weighted by atomic mass is 10.2. The first-order valence-corrected chi connectivity index (χ1v) is 12.0. The number of hydrogen-bond donors (Lipinski definition) is 1. The number of halogens is 3. The number of alkyl halides is 3. The number of aryl methyl sites for hydroxylation is 2. The van der Waals surface area contributed by atoms with Crippen LogP contribution in [0.4, 0.5) is 13.2 Å². The fraction of sp³-hybridized carbons (Fsp3) is 0.350. The zero-order valence-electron chi connectivity index (χ0n) is 19.0. The van der Waals surface area contributed by atoms with Gasteiger partial charge in [-0.2, -0.15) is 18.3 Å². The van der Waals surface area contributed by atoms with Crippen LogP contribution in [0.1, 0.15) is 35.6 Å². The molecule has 0 unspecified atom stereocenters. The molecule has 0 saturated heterocycles. The van der Waals surface area contributed by atoms with Crippen molar-refractivity contribution in [2.75, 3.05) is 12.4 Å². The molecule has 35 heavy (non-hydrogen) atoms. The Balaban J connectivity index is 2.07. The molecule has 0 aliphatic carbocycles. The number of nitrogens with one attached hydrogen (secondary N) is 1. The third kappa shape index (κ3) is 4.20. The number of pyridine rings is 1. The Morgan fingerprint density at radius 2 is 1.89 bits per heavy atom. The van der Waals surface area contributed by atoms with E-state index in [1.54, 1.807) is 13.8 Å². The molecule has 0 aromatic carbocycles. The van der Waals surface area contributed by atoms with Crippen LogP contribution in [0.25, 0.3) is 28.2 Å². The first kappa shape index (κ1) is 24.5. The second-order valence-corrected chi connectivity index (χ2v) is 9.72. The lowest BCUT2D eigenvalue weighted by Crippen LogP contribution is -2.26. The van der Waals surface area contributed by atoms with E-state index in [1.807, 2.05) is 0 Å². The predicted molar refractivity (Wildman–Crippen MR) is 117 cm³/mol. The summed E-state index contributed by atoms with van der Waals surface area (Å²) < 4.78 is 68.0. The van der Waals surface area contributed by atoms with Gasteiger partial charge in [-0.1, -0.05) is 6.92 Å². The van der Waals surface area contributed by atoms with E-state index in [4.69, 9.17) is 4.84 Å². The van der Waals surface area contributed by atoms with Gasteiger partial charge >= 0.3 is 6.18 Å². The number of imidazole rings is 1. The number of hydrogen-bond acceptors (Lipinski definition) is 8. The Morgan fingerprint density at radius 3 is 2.51 bits per heavy atom. The Bertz CT molecular complexity index is 1580. The van der Waals surface area contributed by atoms with Crippen LogP contribution < -0.4 is 5.48 Å². The lowest BCUT2D eigenvalue weighted by Gasteiger charge is -2.07. The van der Waals surface area contributed by atoms with Crippen LogP contribution in [0, 0.1) is 6.92 Å². The second-order valence-electron chi connectivity index (χ2n) is 7.52. The Kier molecular flexibility index (Phi) is 6.00. The van der Waals surface area contributed by atoms with Gasteiger partial charge in [0.25, 0.3) is 5.91 Å². The van der Waals surface area contributed by atoms with Gasteiger partial charge in [0.15, 0.2) is 26.2 Å². The smallest absolute Gasteiger partial charge is 0.312 e. The average Bonchev–Trinajstić information content (AvgIpc) is 3.34. The van der Waals surface area contributed by atoms with Gasteiger partial charge in [-0.3, -0.25) is 9.63 Å². The highest BCUT2D eigenvalue weighted by molar-refractivity contribution is 7.91. The summed E-state index contributed by atoms with van der Waals surface area (Å²) in [6.45, 7) is 4.85. The van der Waals surface area contributed by atoms with Crippen molar-refractivity contribution in [3.05, 3.63) is 35.3 Å². The number of carbonyl (C=O) groups excluding carboxylic acids is 1. The highest BCUT2D eigenvalue weighted by atomic mass is 32.2. The summed E-state index contributed by atoms with van der Waals surface area (Å²) in [5, 5.41) is 3.75. The minimum absolute atomic E-state index is 0.0203. The van der Waals surface area contributed by atoms with Crippen LogP contribution in [-0.2, 0) is 27.9 Å². The summed E-state index contributed by atoms with van der Waals surface area (Å²) in [5.74, 6) is -1.05. The number of fused-ring (bicyclic) bond motifs is 2. The quantitative estimate of drug-likeness (QED) is 0.391. The van der Waals surface area contributed by atoms with E-state index in [9.17, 15) is 26.4 Å². The molecule has 4 heterocycles. The Morgan fingerprint density at radius 1 is 1.17 bits per heavy atom. The molecular weight excluding hydrogens is 491 g/mol. The zero-order valence-corrected chi connectivity index (χ0v) is 19.8. The summed E-state index contributed by atoms with van der Waals surface area (Å²) in [7, 11) is -2.50. The van der Waals surface area contributed by atoms with E-state index in [2.05, 4.69) is 25.5 Å². The number of carbonyl (C=O) groups is 1. The fourth-order valence-corrected chi connectivity index (χ4v) is 4.45. The van der Waals surface area contributed by atoms with Gasteiger partial charge in [0, 0.05) is 18.9 Å². The molecule has 4 aromatic heterocycles. The molecule has 4 aromatic rings. The van der Waals surface area contributed by atoms with E-state index in [0.29, 0.717) is 11.9 Å². The predicted octanol–water partition coefficient (Wildman–Crippen LogP) is 2.48. The second kappa shape index (κ2) is 8.57. The molecule has 1 amide bonds. The standard InChI is InChI=1S/C20H20F3N7O4S/c1-5-34-28-18(31)13-7-10(3)25-17-14(19(27-30(13)17)35(32,33)6-2)16-26-12-8-11(20(21,22)23)9-24-15(12)29(16)4/h7-9H,5-6H2,1-4H3,(H,28,31). The van der Waals surface area contributed by atoms with Crippen LogP contribution in [-0.4, -0.2) is 55.8 Å². The van der Waals surface area contributed by atoms with E-state index >= 15 is 0 Å². The monoisotopic (exact) mass is 511 g/mol. The van der Waals surface area contributed by atoms with Crippen LogP contribution >= 0.6 is 0 Å². The third-order valence-corrected chi connectivity index (χ3v) is 6.80. The van der Waals surface area contributed by atoms with Crippen LogP contribution in [0.3, 0.4) is 0 Å². The Labute approximate surface area is 196 Å². The van der Waals surface area contributed by atoms with Crippen LogP contribution in [0.5, 0.6) is 0 Å². The maximum atomic E-state index is 13.2. The summed E-state index contributed by atoms with van der Waals surface area (Å²) in [4.78, 5) is 30.1. The fourth-order valence-electron chi connectivity index (χ4n) is 3.48. The van der Waals surface area contributed by atoms with Gasteiger partial charge in [-0.15, -0.1) is 0 Å². The zero-order chi connectivity index (χ0) is 25.7. The van der Waals surface area contributed by atoms with Crippen molar-refractivity contribution < 1.29 is 31.2 Å². The maximum Gasteiger partial charge on any atom is 0.417 e. The van der Waals surface area contributed by atoms with Gasteiger partial charge in [0.05, 0.1) is 17.9 Å². The van der Waals surface area contributed by atoms with Crippen LogP contribution in [0.15, 0.2) is 23.4 Å². The van der Waals surface area contributed by atoms with Gasteiger partial charge in [-0.25, -0.2) is 33.4 Å². The average molecular weight is 511 g/mol. The summed E-state index contributed by atoms with van der Waals surface area (Å²) in [6, 6.07) is 2.22. The minimum atomic E-state index is -4.64. The number of amides is 1. The van der Waals surface area contributed by atoms with Crippen molar-refractivity contribution in [3.8, 4) is 11.4 Å². The lowest BCUT2D eigenvalue weighted by molar-refractivity contribution is -0.137. The normalized spacial score (nSPS) is 12.5. The summed E-state index contributed by atoms with van der Waals surface area (Å²) in [5.41, 5.74) is 1.44. The SMILES string of the molecule is CCONC(=O)c1cc(C)nc2c(-c3nc4cc(C(F)(F)F)cnc4n3C)c(S(=O)(=O)CC)nn12. The molecule has 4 rings (SSSR count). The molecule has 0 spiro atoms. The molecule has 0 bridgehead atoms. The van der Waals surface area contributed by atoms with Crippen molar-refractivity contribution in [2.45, 2.75) is 32.0 Å². The maximum absolute atomic E-state index is 13.2. The molecule has 15 heteroatoms. The molecular formula is C20H20F3N7O4S. The molecule has 0 aliphatic rings. The van der Waals surface area contributed by atoms with Crippen molar-refractivity contribution in [1.82, 2.24) is 34.6 Å². The molecule has 0 aliphatic heterocycles. The van der Waals surface area contributed by atoms with Crippen molar-refractivity contribution in [2.24, 2.45) is 7.05 Å². The topological polar surface area (TPSA) is 133 Å². The third-order valence-electron chi connectivity index (χ3n) is 5.16. The molecule has 1 N–H and O–H groups in total. The molecule has 0 atom stereocenters. The van der Waals surface area contributed by atoms with Gasteiger partial charge in [0.1, 0.15) is 22.6 Å². The summed E-state index contributed by atoms with van der Waals surface area (Å²) >= 11 is 0. The summed E-state index contributed by atoms with van der Waals surface area (Å²) in [6.07, 6.45) is -3.96. The molecule has 186 valence electrons. The molecule has 0 fully saturated rings. The number of rotatable bonds is 6. The highest BCUT2D eigenvalue weighted by Crippen LogP contribution is 2.35. The minimum Gasteiger partial charge on any atom is -0.312 e. The molecule has 0 radical (unpaired) electrons. The molecule has 0 saturated carbocycles. The molecule has 11 nitrogen and oxygen atoms in total. The number of aromatic nitrogens is 6. The largest absolute Gasteiger partial charge is 0.417 e. The van der Waals surface area contributed by atoms with Gasteiger partial charge < -0.3 is 4.57 Å². The number of nitrogens with zero attached hydrogens (tertiary/aromatic N) is 6. The van der Waals surface area contributed by atoms with Crippen molar-refractivity contribution in [3.63, 3.8) is 0 Å².